The number of aryl methyl sites for hydroxylation is 1. The van der Waals surface area contributed by atoms with E-state index in [1.165, 1.54) is 25.2 Å². The van der Waals surface area contributed by atoms with Crippen molar-refractivity contribution < 1.29 is 33.1 Å². The topological polar surface area (TPSA) is 127 Å². The Morgan fingerprint density at radius 3 is 2.38 bits per heavy atom. The van der Waals surface area contributed by atoms with E-state index in [-0.39, 0.29) is 23.5 Å². The number of benzene rings is 2. The average molecular weight is 564 g/mol. The molecular formula is C29H26ClN3O7. The number of carbonyl (C=O) groups excluding carboxylic acids is 4. The van der Waals surface area contributed by atoms with Gasteiger partial charge in [-0.1, -0.05) is 29.3 Å². The molecule has 0 radical (unpaired) electrons. The largest absolute Gasteiger partial charge is 0.495 e. The summed E-state index contributed by atoms with van der Waals surface area (Å²) in [6.45, 7) is 3.45. The van der Waals surface area contributed by atoms with Crippen molar-refractivity contribution in [2.24, 2.45) is 0 Å². The highest BCUT2D eigenvalue weighted by Crippen LogP contribution is 2.38. The van der Waals surface area contributed by atoms with Gasteiger partial charge in [-0.2, -0.15) is 0 Å². The van der Waals surface area contributed by atoms with Crippen LogP contribution < -0.4 is 20.3 Å². The quantitative estimate of drug-likeness (QED) is 0.248. The van der Waals surface area contributed by atoms with Crippen LogP contribution in [-0.2, 0) is 30.5 Å². The Labute approximate surface area is 235 Å². The van der Waals surface area contributed by atoms with Crippen LogP contribution >= 0.6 is 11.6 Å². The monoisotopic (exact) mass is 563 g/mol. The van der Waals surface area contributed by atoms with Crippen molar-refractivity contribution >= 4 is 52.7 Å². The van der Waals surface area contributed by atoms with Crippen LogP contribution in [0.25, 0.3) is 6.08 Å². The number of furan rings is 1. The van der Waals surface area contributed by atoms with Gasteiger partial charge in [0.2, 0.25) is 0 Å². The maximum absolute atomic E-state index is 13.5. The lowest BCUT2D eigenvalue weighted by Gasteiger charge is -2.18. The van der Waals surface area contributed by atoms with Crippen molar-refractivity contribution in [1.82, 2.24) is 5.32 Å². The van der Waals surface area contributed by atoms with Gasteiger partial charge in [-0.25, -0.2) is 4.79 Å². The zero-order valence-corrected chi connectivity index (χ0v) is 22.9. The first-order valence-electron chi connectivity index (χ1n) is 12.1. The molecule has 2 N–H and O–H groups in total. The molecule has 11 heteroatoms. The lowest BCUT2D eigenvalue weighted by atomic mass is 10.1. The van der Waals surface area contributed by atoms with Crippen LogP contribution in [0.15, 0.2) is 75.9 Å². The fourth-order valence-corrected chi connectivity index (χ4v) is 4.32. The molecule has 0 aliphatic carbocycles. The van der Waals surface area contributed by atoms with Gasteiger partial charge in [0.15, 0.2) is 0 Å². The number of esters is 1. The molecule has 3 aromatic rings. The van der Waals surface area contributed by atoms with Gasteiger partial charge >= 0.3 is 17.8 Å². The van der Waals surface area contributed by atoms with Crippen LogP contribution in [0.4, 0.5) is 11.4 Å². The molecule has 0 spiro atoms. The van der Waals surface area contributed by atoms with E-state index in [9.17, 15) is 19.2 Å². The minimum absolute atomic E-state index is 0.0544. The van der Waals surface area contributed by atoms with Crippen molar-refractivity contribution in [1.29, 1.82) is 0 Å². The second-order valence-electron chi connectivity index (χ2n) is 8.78. The van der Waals surface area contributed by atoms with E-state index in [0.29, 0.717) is 33.6 Å². The number of rotatable bonds is 7. The fourth-order valence-electron chi connectivity index (χ4n) is 4.07. The lowest BCUT2D eigenvalue weighted by molar-refractivity contribution is -0.136. The van der Waals surface area contributed by atoms with E-state index in [0.717, 1.165) is 5.56 Å². The number of allylic oxidation sites excluding steroid dienone is 1. The third-order valence-electron chi connectivity index (χ3n) is 6.09. The Balaban J connectivity index is 1.50. The van der Waals surface area contributed by atoms with E-state index in [1.807, 2.05) is 19.1 Å². The minimum atomic E-state index is -0.844. The Morgan fingerprint density at radius 2 is 1.73 bits per heavy atom. The molecule has 1 aliphatic heterocycles. The van der Waals surface area contributed by atoms with Crippen LogP contribution in [0.2, 0.25) is 5.02 Å². The molecule has 3 amide bonds. The molecule has 0 bridgehead atoms. The molecule has 0 atom stereocenters. The predicted octanol–water partition coefficient (Wildman–Crippen LogP) is 4.38. The molecule has 4 rings (SSSR count). The van der Waals surface area contributed by atoms with Crippen LogP contribution in [-0.4, -0.2) is 37.9 Å². The zero-order chi connectivity index (χ0) is 29.0. The van der Waals surface area contributed by atoms with Crippen molar-refractivity contribution in [3.63, 3.8) is 0 Å². The summed E-state index contributed by atoms with van der Waals surface area (Å²) in [6.07, 6.45) is 1.42. The van der Waals surface area contributed by atoms with Gasteiger partial charge in [0, 0.05) is 11.4 Å². The molecule has 0 unspecified atom stereocenters. The van der Waals surface area contributed by atoms with Crippen molar-refractivity contribution in [2.45, 2.75) is 20.4 Å². The summed E-state index contributed by atoms with van der Waals surface area (Å²) in [5, 5.41) is 5.30. The highest BCUT2D eigenvalue weighted by molar-refractivity contribution is 6.39. The Kier molecular flexibility index (Phi) is 8.40. The van der Waals surface area contributed by atoms with Gasteiger partial charge in [-0.3, -0.25) is 19.3 Å². The van der Waals surface area contributed by atoms with E-state index in [4.69, 9.17) is 25.5 Å². The average Bonchev–Trinajstić information content (AvgIpc) is 3.49. The van der Waals surface area contributed by atoms with Gasteiger partial charge in [0.1, 0.15) is 17.3 Å². The summed E-state index contributed by atoms with van der Waals surface area (Å²) in [5.74, 6) is -1.84. The molecule has 40 heavy (non-hydrogen) atoms. The molecule has 10 nitrogen and oxygen atoms in total. The van der Waals surface area contributed by atoms with Crippen molar-refractivity contribution in [2.75, 3.05) is 24.4 Å². The third-order valence-corrected chi connectivity index (χ3v) is 6.39. The Bertz CT molecular complexity index is 1550. The molecule has 0 saturated heterocycles. The molecule has 1 aliphatic rings. The van der Waals surface area contributed by atoms with E-state index >= 15 is 0 Å². The number of methoxy groups -OCH3 is 2. The molecule has 2 heterocycles. The summed E-state index contributed by atoms with van der Waals surface area (Å²) in [7, 11) is 2.70. The summed E-state index contributed by atoms with van der Waals surface area (Å²) in [5.41, 5.74) is 2.42. The normalized spacial score (nSPS) is 14.0. The molecule has 2 aromatic carbocycles. The minimum Gasteiger partial charge on any atom is -0.495 e. The predicted molar refractivity (Wildman–Crippen MR) is 149 cm³/mol. The van der Waals surface area contributed by atoms with Crippen molar-refractivity contribution in [3.05, 3.63) is 93.5 Å². The number of amides is 3. The summed E-state index contributed by atoms with van der Waals surface area (Å²) < 4.78 is 15.8. The van der Waals surface area contributed by atoms with E-state index < -0.39 is 23.7 Å². The van der Waals surface area contributed by atoms with Gasteiger partial charge < -0.3 is 24.5 Å². The Morgan fingerprint density at radius 1 is 1.00 bits per heavy atom. The first kappa shape index (κ1) is 28.2. The fraction of sp³-hybridized carbons (Fsp3) is 0.172. The SMILES string of the molecule is COC(=O)C1=C(C)N(c2ccc(OC)c(Cl)c2)C(=O)/C1=C/c1ccc(CNC(=O)C(=O)Nc2ccc(C)cc2)o1. The van der Waals surface area contributed by atoms with Crippen LogP contribution in [0, 0.1) is 6.92 Å². The molecular weight excluding hydrogens is 538 g/mol. The zero-order valence-electron chi connectivity index (χ0n) is 22.2. The number of hydrogen-bond acceptors (Lipinski definition) is 7. The number of ether oxygens (including phenoxy) is 2. The van der Waals surface area contributed by atoms with E-state index in [2.05, 4.69) is 10.6 Å². The van der Waals surface area contributed by atoms with Crippen LogP contribution in [0.3, 0.4) is 0 Å². The Hall–Kier alpha value is -4.83. The van der Waals surface area contributed by atoms with Crippen LogP contribution in [0.1, 0.15) is 24.0 Å². The maximum atomic E-state index is 13.5. The highest BCUT2D eigenvalue weighted by atomic mass is 35.5. The third kappa shape index (κ3) is 5.92. The first-order valence-corrected chi connectivity index (χ1v) is 12.4. The standard InChI is InChI=1S/C29H26ClN3O7/c1-16-5-7-18(8-6-16)32-27(35)26(34)31-15-21-11-10-20(40-21)14-22-25(29(37)39-4)17(2)33(28(22)36)19-9-12-24(38-3)23(30)13-19/h5-14H,15H2,1-4H3,(H,31,34)(H,32,35)/b22-14+. The number of hydrogen-bond donors (Lipinski definition) is 2. The van der Waals surface area contributed by atoms with Gasteiger partial charge in [-0.15, -0.1) is 0 Å². The van der Waals surface area contributed by atoms with Gasteiger partial charge in [-0.05, 0) is 62.4 Å². The summed E-state index contributed by atoms with van der Waals surface area (Å²) in [4.78, 5) is 51.9. The van der Waals surface area contributed by atoms with E-state index in [1.54, 1.807) is 49.4 Å². The second kappa shape index (κ2) is 11.9. The molecule has 0 fully saturated rings. The number of carbonyl (C=O) groups is 4. The summed E-state index contributed by atoms with van der Waals surface area (Å²) >= 11 is 6.26. The number of anilines is 2. The smallest absolute Gasteiger partial charge is 0.340 e. The number of nitrogens with one attached hydrogen (secondary N) is 2. The van der Waals surface area contributed by atoms with Crippen LogP contribution in [0.5, 0.6) is 5.75 Å². The number of nitrogens with zero attached hydrogens (tertiary/aromatic N) is 1. The first-order chi connectivity index (χ1) is 19.1. The second-order valence-corrected chi connectivity index (χ2v) is 9.18. The maximum Gasteiger partial charge on any atom is 0.340 e. The molecule has 206 valence electrons. The lowest BCUT2D eigenvalue weighted by Crippen LogP contribution is -2.34. The highest BCUT2D eigenvalue weighted by Gasteiger charge is 2.38. The molecule has 1 aromatic heterocycles. The summed E-state index contributed by atoms with van der Waals surface area (Å²) in [6, 6.07) is 15.0. The number of halogens is 1. The van der Waals surface area contributed by atoms with Gasteiger partial charge in [0.25, 0.3) is 5.91 Å². The van der Waals surface area contributed by atoms with Crippen molar-refractivity contribution in [3.8, 4) is 5.75 Å². The van der Waals surface area contributed by atoms with Gasteiger partial charge in [0.05, 0.1) is 42.6 Å². The molecule has 0 saturated carbocycles.